The smallest absolute Gasteiger partial charge is 0.147 e. The van der Waals surface area contributed by atoms with Crippen molar-refractivity contribution < 1.29 is 5.11 Å². The van der Waals surface area contributed by atoms with E-state index in [0.717, 1.165) is 5.69 Å². The molecule has 0 aromatic carbocycles. The Hall–Kier alpha value is -0.870. The lowest BCUT2D eigenvalue weighted by atomic mass is 9.95. The molecule has 0 spiro atoms. The average molecular weight is 209 g/mol. The molecule has 15 heavy (non-hydrogen) atoms. The van der Waals surface area contributed by atoms with Gasteiger partial charge in [0.1, 0.15) is 6.23 Å². The lowest BCUT2D eigenvalue weighted by molar-refractivity contribution is 0.107. The van der Waals surface area contributed by atoms with Crippen molar-refractivity contribution in [2.45, 2.75) is 44.4 Å². The first-order valence-corrected chi connectivity index (χ1v) is 5.67. The van der Waals surface area contributed by atoms with Crippen LogP contribution in [0.5, 0.6) is 0 Å². The monoisotopic (exact) mass is 209 g/mol. The molecule has 1 aliphatic carbocycles. The molecule has 0 bridgehead atoms. The molecule has 84 valence electrons. The fourth-order valence-electron chi connectivity index (χ4n) is 2.21. The predicted molar refractivity (Wildman–Crippen MR) is 58.2 cm³/mol. The molecule has 0 radical (unpaired) electrons. The van der Waals surface area contributed by atoms with Gasteiger partial charge in [0.15, 0.2) is 0 Å². The van der Waals surface area contributed by atoms with Crippen molar-refractivity contribution in [1.29, 1.82) is 0 Å². The lowest BCUT2D eigenvalue weighted by Crippen LogP contribution is -2.35. The summed E-state index contributed by atoms with van der Waals surface area (Å²) in [4.78, 5) is 4.00. The summed E-state index contributed by atoms with van der Waals surface area (Å²) in [7, 11) is 1.90. The van der Waals surface area contributed by atoms with Crippen molar-refractivity contribution >= 4 is 0 Å². The fourth-order valence-corrected chi connectivity index (χ4v) is 2.21. The molecule has 1 aliphatic rings. The van der Waals surface area contributed by atoms with Crippen LogP contribution in [0, 0.1) is 0 Å². The number of aromatic nitrogens is 2. The molecule has 0 aliphatic heterocycles. The normalized spacial score (nSPS) is 20.4. The molecule has 0 amide bonds. The maximum absolute atomic E-state index is 9.97. The van der Waals surface area contributed by atoms with Gasteiger partial charge in [-0.3, -0.25) is 5.32 Å². The molecule has 1 atom stereocenters. The van der Waals surface area contributed by atoms with Crippen LogP contribution in [0.25, 0.3) is 0 Å². The molecule has 4 heteroatoms. The number of imidazole rings is 1. The number of nitrogens with one attached hydrogen (secondary N) is 1. The molecule has 2 N–H and O–H groups in total. The molecule has 1 aromatic heterocycles. The van der Waals surface area contributed by atoms with E-state index in [1.54, 1.807) is 12.5 Å². The van der Waals surface area contributed by atoms with Crippen LogP contribution in [-0.2, 0) is 7.05 Å². The topological polar surface area (TPSA) is 50.1 Å². The van der Waals surface area contributed by atoms with E-state index in [2.05, 4.69) is 10.3 Å². The van der Waals surface area contributed by atoms with E-state index in [-0.39, 0.29) is 0 Å². The van der Waals surface area contributed by atoms with Crippen molar-refractivity contribution in [1.82, 2.24) is 14.9 Å². The van der Waals surface area contributed by atoms with E-state index in [9.17, 15) is 5.11 Å². The van der Waals surface area contributed by atoms with Crippen LogP contribution >= 0.6 is 0 Å². The van der Waals surface area contributed by atoms with Crippen LogP contribution in [0.4, 0.5) is 0 Å². The van der Waals surface area contributed by atoms with Gasteiger partial charge < -0.3 is 9.67 Å². The largest absolute Gasteiger partial charge is 0.373 e. The molecule has 0 saturated heterocycles. The van der Waals surface area contributed by atoms with E-state index in [1.165, 1.54) is 32.1 Å². The molecule has 1 aromatic rings. The second kappa shape index (κ2) is 4.77. The number of hydrogen-bond acceptors (Lipinski definition) is 3. The highest BCUT2D eigenvalue weighted by Crippen LogP contribution is 2.20. The van der Waals surface area contributed by atoms with Gasteiger partial charge in [-0.05, 0) is 12.8 Å². The van der Waals surface area contributed by atoms with Crippen molar-refractivity contribution in [3.05, 3.63) is 18.2 Å². The molecule has 1 fully saturated rings. The van der Waals surface area contributed by atoms with Crippen molar-refractivity contribution in [2.24, 2.45) is 7.05 Å². The molecule has 1 saturated carbocycles. The minimum absolute atomic E-state index is 0.462. The average Bonchev–Trinajstić information content (AvgIpc) is 2.66. The Kier molecular flexibility index (Phi) is 3.38. The number of aryl methyl sites for hydroxylation is 1. The third-order valence-electron chi connectivity index (χ3n) is 3.13. The predicted octanol–water partition coefficient (Wildman–Crippen LogP) is 1.33. The van der Waals surface area contributed by atoms with Gasteiger partial charge in [0.05, 0.1) is 18.2 Å². The zero-order valence-corrected chi connectivity index (χ0v) is 9.19. The van der Waals surface area contributed by atoms with Crippen LogP contribution in [0.1, 0.15) is 44.0 Å². The summed E-state index contributed by atoms with van der Waals surface area (Å²) in [6.45, 7) is 0. The quantitative estimate of drug-likeness (QED) is 0.738. The Morgan fingerprint density at radius 3 is 2.80 bits per heavy atom. The van der Waals surface area contributed by atoms with Gasteiger partial charge in [-0.2, -0.15) is 0 Å². The molecule has 4 nitrogen and oxygen atoms in total. The summed E-state index contributed by atoms with van der Waals surface area (Å²) >= 11 is 0. The van der Waals surface area contributed by atoms with E-state index < -0.39 is 6.23 Å². The highest BCUT2D eigenvalue weighted by atomic mass is 16.3. The minimum Gasteiger partial charge on any atom is -0.373 e. The van der Waals surface area contributed by atoms with E-state index in [0.29, 0.717) is 6.04 Å². The van der Waals surface area contributed by atoms with Crippen LogP contribution in [-0.4, -0.2) is 20.7 Å². The molecule has 1 unspecified atom stereocenters. The lowest BCUT2D eigenvalue weighted by Gasteiger charge is -2.25. The van der Waals surface area contributed by atoms with E-state index in [1.807, 2.05) is 11.6 Å². The SMILES string of the molecule is Cn1cncc1C(O)NC1CCCCC1. The Balaban J connectivity index is 1.91. The zero-order chi connectivity index (χ0) is 10.7. The third kappa shape index (κ3) is 2.58. The van der Waals surface area contributed by atoms with Gasteiger partial charge in [-0.25, -0.2) is 4.98 Å². The second-order valence-electron chi connectivity index (χ2n) is 4.33. The van der Waals surface area contributed by atoms with E-state index >= 15 is 0 Å². The van der Waals surface area contributed by atoms with Gasteiger partial charge in [0, 0.05) is 13.1 Å². The fraction of sp³-hybridized carbons (Fsp3) is 0.727. The van der Waals surface area contributed by atoms with Crippen LogP contribution in [0.3, 0.4) is 0 Å². The summed E-state index contributed by atoms with van der Waals surface area (Å²) in [5.74, 6) is 0. The van der Waals surface area contributed by atoms with E-state index in [4.69, 9.17) is 0 Å². The molecule has 1 heterocycles. The Morgan fingerprint density at radius 2 is 2.20 bits per heavy atom. The maximum atomic E-state index is 9.97. The standard InChI is InChI=1S/C11H19N3O/c1-14-8-12-7-10(14)11(15)13-9-5-3-2-4-6-9/h7-9,11,13,15H,2-6H2,1H3. The van der Waals surface area contributed by atoms with Crippen molar-refractivity contribution in [3.63, 3.8) is 0 Å². The molecule has 2 rings (SSSR count). The number of aliphatic hydroxyl groups is 1. The van der Waals surface area contributed by atoms with Gasteiger partial charge >= 0.3 is 0 Å². The Labute approximate surface area is 90.3 Å². The number of hydrogen-bond donors (Lipinski definition) is 2. The number of aliphatic hydroxyl groups excluding tert-OH is 1. The van der Waals surface area contributed by atoms with Crippen molar-refractivity contribution in [2.75, 3.05) is 0 Å². The highest BCUT2D eigenvalue weighted by Gasteiger charge is 2.18. The van der Waals surface area contributed by atoms with Gasteiger partial charge in [0.25, 0.3) is 0 Å². The first kappa shape index (κ1) is 10.6. The van der Waals surface area contributed by atoms with Gasteiger partial charge in [0.2, 0.25) is 0 Å². The summed E-state index contributed by atoms with van der Waals surface area (Å²) in [5, 5.41) is 13.2. The Bertz CT molecular complexity index is 305. The first-order chi connectivity index (χ1) is 7.27. The highest BCUT2D eigenvalue weighted by molar-refractivity contribution is 5.01. The number of nitrogens with zero attached hydrogens (tertiary/aromatic N) is 2. The zero-order valence-electron chi connectivity index (χ0n) is 9.19. The van der Waals surface area contributed by atoms with Crippen LogP contribution in [0.2, 0.25) is 0 Å². The third-order valence-corrected chi connectivity index (χ3v) is 3.13. The summed E-state index contributed by atoms with van der Waals surface area (Å²) < 4.78 is 1.85. The first-order valence-electron chi connectivity index (χ1n) is 5.67. The summed E-state index contributed by atoms with van der Waals surface area (Å²) in [6, 6.07) is 0.462. The minimum atomic E-state index is -0.583. The Morgan fingerprint density at radius 1 is 1.47 bits per heavy atom. The summed E-state index contributed by atoms with van der Waals surface area (Å²) in [6.07, 6.45) is 9.07. The van der Waals surface area contributed by atoms with Gasteiger partial charge in [-0.1, -0.05) is 19.3 Å². The maximum Gasteiger partial charge on any atom is 0.147 e. The van der Waals surface area contributed by atoms with Crippen LogP contribution in [0.15, 0.2) is 12.5 Å². The molecular formula is C11H19N3O. The summed E-state index contributed by atoms with van der Waals surface area (Å²) in [5.41, 5.74) is 0.834. The molecular weight excluding hydrogens is 190 g/mol. The van der Waals surface area contributed by atoms with Gasteiger partial charge in [-0.15, -0.1) is 0 Å². The number of rotatable bonds is 3. The second-order valence-corrected chi connectivity index (χ2v) is 4.33. The van der Waals surface area contributed by atoms with Crippen LogP contribution < -0.4 is 5.32 Å². The van der Waals surface area contributed by atoms with Crippen molar-refractivity contribution in [3.8, 4) is 0 Å².